The number of carbonyl (C=O) groups excluding carboxylic acids is 1. The summed E-state index contributed by atoms with van der Waals surface area (Å²) in [6.45, 7) is 5.30. The minimum absolute atomic E-state index is 0.0258. The number of carbonyl (C=O) groups is 1. The minimum Gasteiger partial charge on any atom is -0.441 e. The number of nitrogens with zero attached hydrogens (tertiary/aromatic N) is 2. The molecule has 1 atom stereocenters. The van der Waals surface area contributed by atoms with Crippen LogP contribution in [-0.4, -0.2) is 30.0 Å². The summed E-state index contributed by atoms with van der Waals surface area (Å²) in [5.74, 6) is 0. The number of rotatable bonds is 3. The molecule has 1 aromatic carbocycles. The van der Waals surface area contributed by atoms with Gasteiger partial charge >= 0.3 is 6.09 Å². The molecule has 0 aliphatic rings. The average molecular weight is 266 g/mol. The number of hydrogen-bond acceptors (Lipinski definition) is 4. The lowest BCUT2D eigenvalue weighted by Crippen LogP contribution is -2.24. The zero-order valence-electron chi connectivity index (χ0n) is 11.8. The highest BCUT2D eigenvalue weighted by molar-refractivity contribution is 5.67. The van der Waals surface area contributed by atoms with E-state index in [1.807, 2.05) is 13.8 Å². The number of benzene rings is 1. The molecule has 6 heteroatoms. The summed E-state index contributed by atoms with van der Waals surface area (Å²) in [6, 6.07) is 3.20. The monoisotopic (exact) mass is 266 g/mol. The molecule has 0 aliphatic heterocycles. The molecule has 1 aromatic rings. The van der Waals surface area contributed by atoms with Crippen molar-refractivity contribution in [1.82, 2.24) is 4.90 Å². The lowest BCUT2D eigenvalue weighted by Gasteiger charge is -2.18. The van der Waals surface area contributed by atoms with E-state index >= 15 is 0 Å². The predicted molar refractivity (Wildman–Crippen MR) is 71.2 cm³/mol. The van der Waals surface area contributed by atoms with E-state index in [0.29, 0.717) is 5.56 Å². The first-order valence-corrected chi connectivity index (χ1v) is 5.87. The lowest BCUT2D eigenvalue weighted by molar-refractivity contribution is -0.386. The van der Waals surface area contributed by atoms with Gasteiger partial charge in [-0.15, -0.1) is 0 Å². The van der Waals surface area contributed by atoms with Crippen molar-refractivity contribution in [3.8, 4) is 0 Å². The summed E-state index contributed by atoms with van der Waals surface area (Å²) in [7, 11) is 3.12. The van der Waals surface area contributed by atoms with Crippen LogP contribution in [0.15, 0.2) is 12.1 Å². The Bertz CT molecular complexity index is 512. The van der Waals surface area contributed by atoms with Crippen LogP contribution < -0.4 is 0 Å². The van der Waals surface area contributed by atoms with Gasteiger partial charge in [-0.25, -0.2) is 4.79 Å². The second kappa shape index (κ2) is 5.69. The second-order valence-corrected chi connectivity index (χ2v) is 4.67. The number of hydrogen-bond donors (Lipinski definition) is 0. The molecular weight excluding hydrogens is 248 g/mol. The molecule has 1 unspecified atom stereocenters. The van der Waals surface area contributed by atoms with Gasteiger partial charge in [0.2, 0.25) is 0 Å². The Hall–Kier alpha value is -2.11. The second-order valence-electron chi connectivity index (χ2n) is 4.67. The topological polar surface area (TPSA) is 72.7 Å². The first-order valence-electron chi connectivity index (χ1n) is 5.87. The Labute approximate surface area is 112 Å². The van der Waals surface area contributed by atoms with Crippen molar-refractivity contribution < 1.29 is 14.5 Å². The van der Waals surface area contributed by atoms with Gasteiger partial charge in [-0.05, 0) is 38.0 Å². The van der Waals surface area contributed by atoms with E-state index < -0.39 is 17.1 Å². The lowest BCUT2D eigenvalue weighted by atomic mass is 10.0. The fraction of sp³-hybridized carbons (Fsp3) is 0.462. The van der Waals surface area contributed by atoms with E-state index in [1.54, 1.807) is 27.1 Å². The smallest absolute Gasteiger partial charge is 0.409 e. The molecule has 0 saturated heterocycles. The number of ether oxygens (including phenoxy) is 1. The van der Waals surface area contributed by atoms with Crippen molar-refractivity contribution in [2.75, 3.05) is 14.1 Å². The van der Waals surface area contributed by atoms with E-state index in [1.165, 1.54) is 11.0 Å². The maximum absolute atomic E-state index is 11.5. The van der Waals surface area contributed by atoms with Crippen molar-refractivity contribution in [3.63, 3.8) is 0 Å². The molecular formula is C13H18N2O4. The number of aryl methyl sites for hydroxylation is 2. The van der Waals surface area contributed by atoms with E-state index in [0.717, 1.165) is 11.1 Å². The summed E-state index contributed by atoms with van der Waals surface area (Å²) in [4.78, 5) is 23.4. The molecule has 0 aromatic heterocycles. The molecule has 0 aliphatic carbocycles. The first kappa shape index (κ1) is 14.9. The van der Waals surface area contributed by atoms with Gasteiger partial charge in [0.05, 0.1) is 10.5 Å². The quantitative estimate of drug-likeness (QED) is 0.622. The zero-order valence-corrected chi connectivity index (χ0v) is 11.8. The molecule has 1 rings (SSSR count). The molecule has 0 saturated carbocycles. The highest BCUT2D eigenvalue weighted by Gasteiger charge is 2.23. The van der Waals surface area contributed by atoms with Crippen LogP contribution in [-0.2, 0) is 4.74 Å². The summed E-state index contributed by atoms with van der Waals surface area (Å²) < 4.78 is 5.17. The zero-order chi connectivity index (χ0) is 14.7. The highest BCUT2D eigenvalue weighted by Crippen LogP contribution is 2.30. The molecule has 0 fully saturated rings. The summed E-state index contributed by atoms with van der Waals surface area (Å²) in [5, 5.41) is 11.1. The Balaban J connectivity index is 3.14. The van der Waals surface area contributed by atoms with Crippen LogP contribution in [0.25, 0.3) is 0 Å². The number of amides is 1. The van der Waals surface area contributed by atoms with Crippen LogP contribution in [0, 0.1) is 24.0 Å². The van der Waals surface area contributed by atoms with Gasteiger partial charge < -0.3 is 9.64 Å². The molecule has 0 spiro atoms. The van der Waals surface area contributed by atoms with Crippen LogP contribution in [0.2, 0.25) is 0 Å². The Kier molecular flexibility index (Phi) is 4.47. The van der Waals surface area contributed by atoms with Gasteiger partial charge in [-0.2, -0.15) is 0 Å². The van der Waals surface area contributed by atoms with Crippen LogP contribution >= 0.6 is 0 Å². The fourth-order valence-electron chi connectivity index (χ4n) is 1.63. The summed E-state index contributed by atoms with van der Waals surface area (Å²) >= 11 is 0. The van der Waals surface area contributed by atoms with Gasteiger partial charge in [0, 0.05) is 20.2 Å². The minimum atomic E-state index is -0.672. The summed E-state index contributed by atoms with van der Waals surface area (Å²) in [6.07, 6.45) is -1.20. The summed E-state index contributed by atoms with van der Waals surface area (Å²) in [5.41, 5.74) is 2.14. The van der Waals surface area contributed by atoms with Crippen LogP contribution in [0.4, 0.5) is 10.5 Å². The normalized spacial score (nSPS) is 11.8. The van der Waals surface area contributed by atoms with E-state index in [9.17, 15) is 14.9 Å². The van der Waals surface area contributed by atoms with Gasteiger partial charge in [-0.3, -0.25) is 10.1 Å². The van der Waals surface area contributed by atoms with Crippen molar-refractivity contribution in [1.29, 1.82) is 0 Å². The Morgan fingerprint density at radius 2 is 1.84 bits per heavy atom. The number of nitro groups is 1. The van der Waals surface area contributed by atoms with Gasteiger partial charge in [0.15, 0.2) is 0 Å². The van der Waals surface area contributed by atoms with Crippen molar-refractivity contribution in [2.24, 2.45) is 0 Å². The average Bonchev–Trinajstić information content (AvgIpc) is 2.31. The third-order valence-corrected chi connectivity index (χ3v) is 2.92. The standard InChI is InChI=1S/C13H18N2O4/c1-8-6-11(10(3)19-13(16)14(4)5)12(15(17)18)7-9(8)2/h6-7,10H,1-5H3. The molecule has 0 heterocycles. The van der Waals surface area contributed by atoms with E-state index in [-0.39, 0.29) is 5.69 Å². The molecule has 19 heavy (non-hydrogen) atoms. The largest absolute Gasteiger partial charge is 0.441 e. The molecule has 6 nitrogen and oxygen atoms in total. The number of nitro benzene ring substituents is 1. The fourth-order valence-corrected chi connectivity index (χ4v) is 1.63. The van der Waals surface area contributed by atoms with Crippen molar-refractivity contribution in [2.45, 2.75) is 26.9 Å². The van der Waals surface area contributed by atoms with Gasteiger partial charge in [0.1, 0.15) is 6.10 Å². The van der Waals surface area contributed by atoms with Crippen LogP contribution in [0.1, 0.15) is 29.7 Å². The molecule has 0 N–H and O–H groups in total. The van der Waals surface area contributed by atoms with Crippen molar-refractivity contribution in [3.05, 3.63) is 38.9 Å². The van der Waals surface area contributed by atoms with E-state index in [2.05, 4.69) is 0 Å². The molecule has 104 valence electrons. The van der Waals surface area contributed by atoms with Gasteiger partial charge in [0.25, 0.3) is 5.69 Å². The van der Waals surface area contributed by atoms with Crippen molar-refractivity contribution >= 4 is 11.8 Å². The third kappa shape index (κ3) is 3.43. The van der Waals surface area contributed by atoms with Crippen LogP contribution in [0.3, 0.4) is 0 Å². The van der Waals surface area contributed by atoms with Gasteiger partial charge in [-0.1, -0.05) is 0 Å². The SMILES string of the molecule is Cc1cc(C(C)OC(=O)N(C)C)c([N+](=O)[O-])cc1C. The molecule has 0 bridgehead atoms. The Morgan fingerprint density at radius 3 is 2.32 bits per heavy atom. The first-order chi connectivity index (χ1) is 8.73. The third-order valence-electron chi connectivity index (χ3n) is 2.92. The van der Waals surface area contributed by atoms with E-state index in [4.69, 9.17) is 4.74 Å². The highest BCUT2D eigenvalue weighted by atomic mass is 16.6. The predicted octanol–water partition coefficient (Wildman–Crippen LogP) is 2.97. The van der Waals surface area contributed by atoms with Crippen LogP contribution in [0.5, 0.6) is 0 Å². The molecule has 0 radical (unpaired) electrons. The maximum Gasteiger partial charge on any atom is 0.409 e. The maximum atomic E-state index is 11.5. The Morgan fingerprint density at radius 1 is 1.32 bits per heavy atom. The molecule has 1 amide bonds.